The summed E-state index contributed by atoms with van der Waals surface area (Å²) in [5, 5.41) is 13.3. The van der Waals surface area contributed by atoms with Crippen molar-refractivity contribution in [1.82, 2.24) is 5.32 Å². The molecule has 0 radical (unpaired) electrons. The van der Waals surface area contributed by atoms with Crippen LogP contribution in [0.2, 0.25) is 0 Å². The summed E-state index contributed by atoms with van der Waals surface area (Å²) in [6.45, 7) is 6.22. The van der Waals surface area contributed by atoms with Crippen molar-refractivity contribution in [3.05, 3.63) is 0 Å². The molecule has 0 amide bonds. The van der Waals surface area contributed by atoms with Crippen LogP contribution >= 0.6 is 0 Å². The molecule has 1 aliphatic rings. The van der Waals surface area contributed by atoms with E-state index in [9.17, 15) is 5.11 Å². The number of aliphatic hydroxyl groups is 1. The highest BCUT2D eigenvalue weighted by molar-refractivity contribution is 4.90. The molecule has 3 heteroatoms. The van der Waals surface area contributed by atoms with E-state index in [0.29, 0.717) is 6.61 Å². The summed E-state index contributed by atoms with van der Waals surface area (Å²) in [5.41, 5.74) is -0.645. The minimum atomic E-state index is -0.645. The number of nitrogens with one attached hydrogen (secondary N) is 1. The largest absolute Gasteiger partial charge is 0.386 e. The second-order valence-electron chi connectivity index (χ2n) is 3.54. The smallest absolute Gasteiger partial charge is 0.103 e. The molecule has 1 aliphatic heterocycles. The molecule has 0 spiro atoms. The summed E-state index contributed by atoms with van der Waals surface area (Å²) in [7, 11) is 0. The number of likely N-dealkylation sites (N-methyl/N-ethyl adjacent to an activating group) is 1. The van der Waals surface area contributed by atoms with Crippen LogP contribution in [0.4, 0.5) is 0 Å². The summed E-state index contributed by atoms with van der Waals surface area (Å²) in [5.74, 6) is 0. The zero-order valence-electron chi connectivity index (χ0n) is 7.97. The van der Waals surface area contributed by atoms with Crippen molar-refractivity contribution in [2.75, 3.05) is 19.8 Å². The molecule has 1 heterocycles. The summed E-state index contributed by atoms with van der Waals surface area (Å²) < 4.78 is 5.26. The summed E-state index contributed by atoms with van der Waals surface area (Å²) in [6.07, 6.45) is 1.81. The molecule has 1 rings (SSSR count). The maximum Gasteiger partial charge on any atom is 0.103 e. The molecule has 2 N–H and O–H groups in total. The first-order valence-electron chi connectivity index (χ1n) is 4.72. The van der Waals surface area contributed by atoms with Crippen molar-refractivity contribution in [2.24, 2.45) is 0 Å². The fourth-order valence-electron chi connectivity index (χ4n) is 1.64. The van der Waals surface area contributed by atoms with E-state index in [1.54, 1.807) is 0 Å². The molecule has 3 nitrogen and oxygen atoms in total. The van der Waals surface area contributed by atoms with E-state index < -0.39 is 5.60 Å². The lowest BCUT2D eigenvalue weighted by atomic mass is 9.89. The van der Waals surface area contributed by atoms with Crippen molar-refractivity contribution < 1.29 is 9.84 Å². The van der Waals surface area contributed by atoms with Crippen molar-refractivity contribution in [1.29, 1.82) is 0 Å². The maximum absolute atomic E-state index is 10.1. The van der Waals surface area contributed by atoms with Crippen LogP contribution in [-0.4, -0.2) is 36.5 Å². The first-order chi connectivity index (χ1) is 5.69. The van der Waals surface area contributed by atoms with E-state index >= 15 is 0 Å². The average Bonchev–Trinajstić information content (AvgIpc) is 2.06. The van der Waals surface area contributed by atoms with E-state index in [-0.39, 0.29) is 6.04 Å². The monoisotopic (exact) mass is 173 g/mol. The Labute approximate surface area is 74.1 Å². The van der Waals surface area contributed by atoms with Crippen LogP contribution in [-0.2, 0) is 4.74 Å². The van der Waals surface area contributed by atoms with Crippen LogP contribution in [0.25, 0.3) is 0 Å². The second kappa shape index (κ2) is 4.21. The van der Waals surface area contributed by atoms with E-state index in [1.807, 2.05) is 13.8 Å². The van der Waals surface area contributed by atoms with Crippen LogP contribution in [0, 0.1) is 0 Å². The first kappa shape index (κ1) is 9.96. The van der Waals surface area contributed by atoms with Gasteiger partial charge < -0.3 is 15.2 Å². The molecule has 72 valence electrons. The lowest BCUT2D eigenvalue weighted by molar-refractivity contribution is -0.102. The average molecular weight is 173 g/mol. The van der Waals surface area contributed by atoms with Crippen molar-refractivity contribution in [2.45, 2.75) is 38.3 Å². The SMILES string of the molecule is CCNC(C)C1(O)CCCOC1. The second-order valence-corrected chi connectivity index (χ2v) is 3.54. The summed E-state index contributed by atoms with van der Waals surface area (Å²) in [4.78, 5) is 0. The van der Waals surface area contributed by atoms with E-state index in [1.165, 1.54) is 0 Å². The van der Waals surface area contributed by atoms with Crippen molar-refractivity contribution in [3.8, 4) is 0 Å². The van der Waals surface area contributed by atoms with Gasteiger partial charge in [-0.2, -0.15) is 0 Å². The number of ether oxygens (including phenoxy) is 1. The van der Waals surface area contributed by atoms with Crippen molar-refractivity contribution >= 4 is 0 Å². The van der Waals surface area contributed by atoms with Gasteiger partial charge in [-0.3, -0.25) is 0 Å². The van der Waals surface area contributed by atoms with Gasteiger partial charge >= 0.3 is 0 Å². The molecule has 12 heavy (non-hydrogen) atoms. The zero-order valence-corrected chi connectivity index (χ0v) is 7.97. The van der Waals surface area contributed by atoms with Crippen LogP contribution in [0.15, 0.2) is 0 Å². The molecule has 0 aliphatic carbocycles. The third kappa shape index (κ3) is 2.19. The fourth-order valence-corrected chi connectivity index (χ4v) is 1.64. The Kier molecular flexibility index (Phi) is 3.50. The highest BCUT2D eigenvalue weighted by Crippen LogP contribution is 2.22. The topological polar surface area (TPSA) is 41.5 Å². The number of rotatable bonds is 3. The van der Waals surface area contributed by atoms with Crippen LogP contribution in [0.5, 0.6) is 0 Å². The van der Waals surface area contributed by atoms with E-state index in [0.717, 1.165) is 26.0 Å². The third-order valence-electron chi connectivity index (χ3n) is 2.57. The van der Waals surface area contributed by atoms with Crippen LogP contribution < -0.4 is 5.32 Å². The predicted molar refractivity (Wildman–Crippen MR) is 48.1 cm³/mol. The van der Waals surface area contributed by atoms with Crippen LogP contribution in [0.3, 0.4) is 0 Å². The fraction of sp³-hybridized carbons (Fsp3) is 1.00. The van der Waals surface area contributed by atoms with Gasteiger partial charge in [-0.15, -0.1) is 0 Å². The quantitative estimate of drug-likeness (QED) is 0.654. The Morgan fingerprint density at radius 3 is 2.92 bits per heavy atom. The van der Waals surface area contributed by atoms with Gasteiger partial charge in [0.1, 0.15) is 5.60 Å². The van der Waals surface area contributed by atoms with Gasteiger partial charge in [0, 0.05) is 12.6 Å². The summed E-state index contributed by atoms with van der Waals surface area (Å²) >= 11 is 0. The van der Waals surface area contributed by atoms with Gasteiger partial charge in [-0.1, -0.05) is 6.92 Å². The van der Waals surface area contributed by atoms with E-state index in [4.69, 9.17) is 4.74 Å². The molecule has 0 aromatic heterocycles. The molecular weight excluding hydrogens is 154 g/mol. The summed E-state index contributed by atoms with van der Waals surface area (Å²) in [6, 6.07) is 0.128. The zero-order chi connectivity index (χ0) is 9.03. The standard InChI is InChI=1S/C9H19NO2/c1-3-10-8(2)9(11)5-4-6-12-7-9/h8,10-11H,3-7H2,1-2H3. The normalized spacial score (nSPS) is 33.2. The van der Waals surface area contributed by atoms with Crippen molar-refractivity contribution in [3.63, 3.8) is 0 Å². The lowest BCUT2D eigenvalue weighted by Crippen LogP contribution is -2.53. The first-order valence-corrected chi connectivity index (χ1v) is 4.72. The van der Waals surface area contributed by atoms with Gasteiger partial charge in [0.2, 0.25) is 0 Å². The maximum atomic E-state index is 10.1. The Hall–Kier alpha value is -0.120. The molecule has 0 aromatic carbocycles. The minimum Gasteiger partial charge on any atom is -0.386 e. The molecule has 0 aromatic rings. The molecule has 0 bridgehead atoms. The van der Waals surface area contributed by atoms with Gasteiger partial charge in [-0.25, -0.2) is 0 Å². The highest BCUT2D eigenvalue weighted by Gasteiger charge is 2.35. The Morgan fingerprint density at radius 1 is 1.67 bits per heavy atom. The Balaban J connectivity index is 2.44. The predicted octanol–water partition coefficient (Wildman–Crippen LogP) is 0.526. The lowest BCUT2D eigenvalue weighted by Gasteiger charge is -2.37. The molecule has 0 saturated carbocycles. The number of hydrogen-bond donors (Lipinski definition) is 2. The molecule has 2 unspecified atom stereocenters. The number of hydrogen-bond acceptors (Lipinski definition) is 3. The molecular formula is C9H19NO2. The van der Waals surface area contributed by atoms with Gasteiger partial charge in [-0.05, 0) is 26.3 Å². The van der Waals surface area contributed by atoms with E-state index in [2.05, 4.69) is 5.32 Å². The molecule has 2 atom stereocenters. The Bertz CT molecular complexity index is 132. The van der Waals surface area contributed by atoms with Gasteiger partial charge in [0.15, 0.2) is 0 Å². The van der Waals surface area contributed by atoms with Crippen LogP contribution in [0.1, 0.15) is 26.7 Å². The van der Waals surface area contributed by atoms with Gasteiger partial charge in [0.05, 0.1) is 6.61 Å². The molecule has 1 fully saturated rings. The highest BCUT2D eigenvalue weighted by atomic mass is 16.5. The third-order valence-corrected chi connectivity index (χ3v) is 2.57. The minimum absolute atomic E-state index is 0.128. The van der Waals surface area contributed by atoms with Gasteiger partial charge in [0.25, 0.3) is 0 Å². The molecule has 1 saturated heterocycles. The Morgan fingerprint density at radius 2 is 2.42 bits per heavy atom.